The van der Waals surface area contributed by atoms with Crippen LogP contribution in [0.5, 0.6) is 11.5 Å². The van der Waals surface area contributed by atoms with E-state index in [1.165, 1.54) is 21.5 Å². The van der Waals surface area contributed by atoms with Gasteiger partial charge in [-0.15, -0.1) is 0 Å². The molecule has 2 heteroatoms. The molecule has 0 fully saturated rings. The van der Waals surface area contributed by atoms with Crippen LogP contribution in [-0.2, 0) is 13.2 Å². The average molecular weight is 390 g/mol. The van der Waals surface area contributed by atoms with E-state index in [0.717, 1.165) is 22.6 Å². The Bertz CT molecular complexity index is 1190. The lowest BCUT2D eigenvalue weighted by molar-refractivity contribution is 0.303. The lowest BCUT2D eigenvalue weighted by Crippen LogP contribution is -1.98. The van der Waals surface area contributed by atoms with Crippen molar-refractivity contribution in [1.82, 2.24) is 0 Å². The third kappa shape index (κ3) is 4.13. The number of hydrogen-bond donors (Lipinski definition) is 0. The quantitative estimate of drug-likeness (QED) is 0.306. The van der Waals surface area contributed by atoms with Crippen molar-refractivity contribution in [2.45, 2.75) is 13.2 Å². The van der Waals surface area contributed by atoms with Gasteiger partial charge in [0.2, 0.25) is 0 Å². The van der Waals surface area contributed by atoms with E-state index in [2.05, 4.69) is 72.8 Å². The van der Waals surface area contributed by atoms with Gasteiger partial charge < -0.3 is 9.47 Å². The molecule has 0 spiro atoms. The summed E-state index contributed by atoms with van der Waals surface area (Å²) in [6.45, 7) is 1.09. The minimum absolute atomic E-state index is 0.546. The van der Waals surface area contributed by atoms with Crippen LogP contribution in [0.3, 0.4) is 0 Å². The van der Waals surface area contributed by atoms with E-state index in [1.54, 1.807) is 0 Å². The van der Waals surface area contributed by atoms with Gasteiger partial charge in [0.05, 0.1) is 0 Å². The summed E-state index contributed by atoms with van der Waals surface area (Å²) in [5.41, 5.74) is 2.27. The van der Waals surface area contributed by atoms with Crippen molar-refractivity contribution in [1.29, 1.82) is 0 Å². The lowest BCUT2D eigenvalue weighted by Gasteiger charge is -2.10. The zero-order valence-electron chi connectivity index (χ0n) is 16.6. The molecule has 0 bridgehead atoms. The first-order valence-corrected chi connectivity index (χ1v) is 10.1. The van der Waals surface area contributed by atoms with Gasteiger partial charge in [0, 0.05) is 0 Å². The Morgan fingerprint density at radius 2 is 0.800 bits per heavy atom. The molecule has 30 heavy (non-hydrogen) atoms. The standard InChI is InChI=1S/C28H22O2/c1-3-7-25-17-27(15-13-23(25)5-1)29-19-21-9-11-22(12-10-21)20-30-28-16-14-24-6-2-4-8-26(24)18-28/h1-18H,19-20H2. The molecule has 2 nitrogen and oxygen atoms in total. The predicted molar refractivity (Wildman–Crippen MR) is 123 cm³/mol. The van der Waals surface area contributed by atoms with Gasteiger partial charge in [0.25, 0.3) is 0 Å². The molecule has 0 radical (unpaired) electrons. The first-order chi connectivity index (χ1) is 14.8. The van der Waals surface area contributed by atoms with Crippen LogP contribution >= 0.6 is 0 Å². The fraction of sp³-hybridized carbons (Fsp3) is 0.0714. The summed E-state index contributed by atoms with van der Waals surface area (Å²) in [6, 6.07) is 37.4. The van der Waals surface area contributed by atoms with Crippen molar-refractivity contribution < 1.29 is 9.47 Å². The number of hydrogen-bond acceptors (Lipinski definition) is 2. The van der Waals surface area contributed by atoms with Crippen molar-refractivity contribution in [3.63, 3.8) is 0 Å². The highest BCUT2D eigenvalue weighted by Crippen LogP contribution is 2.23. The average Bonchev–Trinajstić information content (AvgIpc) is 2.82. The van der Waals surface area contributed by atoms with Crippen LogP contribution in [0.15, 0.2) is 109 Å². The second kappa shape index (κ2) is 8.30. The maximum Gasteiger partial charge on any atom is 0.120 e. The summed E-state index contributed by atoms with van der Waals surface area (Å²) >= 11 is 0. The molecule has 0 N–H and O–H groups in total. The SMILES string of the molecule is c1ccc2cc(OCc3ccc(COc4ccc5ccccc5c4)cc3)ccc2c1. The Hall–Kier alpha value is -3.78. The third-order valence-electron chi connectivity index (χ3n) is 5.28. The summed E-state index contributed by atoms with van der Waals surface area (Å²) in [5.74, 6) is 1.77. The highest BCUT2D eigenvalue weighted by Gasteiger charge is 2.01. The van der Waals surface area contributed by atoms with Crippen LogP contribution in [0.1, 0.15) is 11.1 Å². The van der Waals surface area contributed by atoms with Gasteiger partial charge in [-0.25, -0.2) is 0 Å². The Labute approximate surface area is 176 Å². The molecular formula is C28H22O2. The monoisotopic (exact) mass is 390 g/mol. The fourth-order valence-corrected chi connectivity index (χ4v) is 3.58. The summed E-state index contributed by atoms with van der Waals surface area (Å²) in [5, 5.41) is 4.83. The zero-order chi connectivity index (χ0) is 20.2. The van der Waals surface area contributed by atoms with Gasteiger partial charge >= 0.3 is 0 Å². The van der Waals surface area contributed by atoms with E-state index < -0.39 is 0 Å². The van der Waals surface area contributed by atoms with Crippen molar-refractivity contribution >= 4 is 21.5 Å². The lowest BCUT2D eigenvalue weighted by atomic mass is 10.1. The topological polar surface area (TPSA) is 18.5 Å². The molecule has 0 saturated carbocycles. The molecular weight excluding hydrogens is 368 g/mol. The van der Waals surface area contributed by atoms with E-state index in [9.17, 15) is 0 Å². The Morgan fingerprint density at radius 3 is 1.23 bits per heavy atom. The summed E-state index contributed by atoms with van der Waals surface area (Å²) in [6.07, 6.45) is 0. The molecule has 0 aliphatic rings. The molecule has 0 aliphatic heterocycles. The molecule has 0 unspecified atom stereocenters. The largest absolute Gasteiger partial charge is 0.489 e. The van der Waals surface area contributed by atoms with Gasteiger partial charge in [-0.05, 0) is 56.9 Å². The highest BCUT2D eigenvalue weighted by molar-refractivity contribution is 5.84. The van der Waals surface area contributed by atoms with Crippen LogP contribution < -0.4 is 9.47 Å². The third-order valence-corrected chi connectivity index (χ3v) is 5.28. The summed E-state index contributed by atoms with van der Waals surface area (Å²) < 4.78 is 12.0. The Kier molecular flexibility index (Phi) is 5.05. The Morgan fingerprint density at radius 1 is 0.400 bits per heavy atom. The molecule has 0 aromatic heterocycles. The van der Waals surface area contributed by atoms with E-state index in [4.69, 9.17) is 9.47 Å². The van der Waals surface area contributed by atoms with Crippen LogP contribution in [0, 0.1) is 0 Å². The van der Waals surface area contributed by atoms with Crippen LogP contribution in [0.4, 0.5) is 0 Å². The van der Waals surface area contributed by atoms with Gasteiger partial charge in [-0.1, -0.05) is 84.9 Å². The molecule has 0 saturated heterocycles. The summed E-state index contributed by atoms with van der Waals surface area (Å²) in [7, 11) is 0. The van der Waals surface area contributed by atoms with Crippen molar-refractivity contribution in [2.75, 3.05) is 0 Å². The molecule has 0 atom stereocenters. The maximum absolute atomic E-state index is 5.98. The molecule has 5 aromatic rings. The van der Waals surface area contributed by atoms with Crippen LogP contribution in [-0.4, -0.2) is 0 Å². The normalized spacial score (nSPS) is 10.9. The van der Waals surface area contributed by atoms with Gasteiger partial charge in [0.15, 0.2) is 0 Å². The van der Waals surface area contributed by atoms with E-state index in [0.29, 0.717) is 13.2 Å². The van der Waals surface area contributed by atoms with Crippen LogP contribution in [0.2, 0.25) is 0 Å². The smallest absolute Gasteiger partial charge is 0.120 e. The van der Waals surface area contributed by atoms with Gasteiger partial charge in [-0.2, -0.15) is 0 Å². The molecule has 0 aliphatic carbocycles. The van der Waals surface area contributed by atoms with Crippen LogP contribution in [0.25, 0.3) is 21.5 Å². The fourth-order valence-electron chi connectivity index (χ4n) is 3.58. The number of benzene rings is 5. The minimum atomic E-state index is 0.546. The highest BCUT2D eigenvalue weighted by atomic mass is 16.5. The first-order valence-electron chi connectivity index (χ1n) is 10.1. The van der Waals surface area contributed by atoms with Crippen molar-refractivity contribution in [3.8, 4) is 11.5 Å². The van der Waals surface area contributed by atoms with Crippen molar-refractivity contribution in [3.05, 3.63) is 120 Å². The molecule has 0 amide bonds. The predicted octanol–water partition coefficient (Wildman–Crippen LogP) is 7.15. The molecule has 5 aromatic carbocycles. The Balaban J connectivity index is 1.19. The minimum Gasteiger partial charge on any atom is -0.489 e. The first kappa shape index (κ1) is 18.3. The van der Waals surface area contributed by atoms with Gasteiger partial charge in [0.1, 0.15) is 24.7 Å². The molecule has 146 valence electrons. The van der Waals surface area contributed by atoms with E-state index in [-0.39, 0.29) is 0 Å². The second-order valence-electron chi connectivity index (χ2n) is 7.41. The van der Waals surface area contributed by atoms with E-state index in [1.807, 2.05) is 36.4 Å². The number of fused-ring (bicyclic) bond motifs is 2. The van der Waals surface area contributed by atoms with E-state index >= 15 is 0 Å². The zero-order valence-corrected chi connectivity index (χ0v) is 16.6. The van der Waals surface area contributed by atoms with Gasteiger partial charge in [-0.3, -0.25) is 0 Å². The second-order valence-corrected chi connectivity index (χ2v) is 7.41. The summed E-state index contributed by atoms with van der Waals surface area (Å²) in [4.78, 5) is 0. The maximum atomic E-state index is 5.98. The number of ether oxygens (including phenoxy) is 2. The number of rotatable bonds is 6. The molecule has 0 heterocycles. The van der Waals surface area contributed by atoms with Crippen molar-refractivity contribution in [2.24, 2.45) is 0 Å². The molecule has 5 rings (SSSR count).